The topological polar surface area (TPSA) is 64.3 Å². The summed E-state index contributed by atoms with van der Waals surface area (Å²) in [6, 6.07) is 6.14. The van der Waals surface area contributed by atoms with Crippen LogP contribution >= 0.6 is 0 Å². The second-order valence-corrected chi connectivity index (χ2v) is 4.57. The summed E-state index contributed by atoms with van der Waals surface area (Å²) in [5.41, 5.74) is 1.13. The Hall–Kier alpha value is -1.93. The number of carboxylic acids is 1. The summed E-state index contributed by atoms with van der Waals surface area (Å²) in [6.45, 7) is 1.87. The third-order valence-corrected chi connectivity index (χ3v) is 3.08. The van der Waals surface area contributed by atoms with Gasteiger partial charge in [-0.2, -0.15) is 5.26 Å². The predicted molar refractivity (Wildman–Crippen MR) is 62.1 cm³/mol. The zero-order valence-corrected chi connectivity index (χ0v) is 9.77. The highest BCUT2D eigenvalue weighted by molar-refractivity contribution is 5.67. The number of nitriles is 1. The number of halogens is 1. The molecule has 4 nitrogen and oxygen atoms in total. The van der Waals surface area contributed by atoms with Crippen LogP contribution in [0.15, 0.2) is 18.2 Å². The number of rotatable bonds is 4. The van der Waals surface area contributed by atoms with Gasteiger partial charge in [-0.3, -0.25) is 9.69 Å². The number of hydrogen-bond donors (Lipinski definition) is 1. The summed E-state index contributed by atoms with van der Waals surface area (Å²) in [4.78, 5) is 12.5. The molecule has 1 heterocycles. The minimum Gasteiger partial charge on any atom is -0.481 e. The maximum absolute atomic E-state index is 13.1. The summed E-state index contributed by atoms with van der Waals surface area (Å²) < 4.78 is 13.1. The van der Waals surface area contributed by atoms with Crippen LogP contribution in [0, 0.1) is 23.1 Å². The predicted octanol–water partition coefficient (Wildman–Crippen LogP) is 1.60. The molecule has 0 spiro atoms. The minimum absolute atomic E-state index is 0.168. The number of likely N-dealkylation sites (tertiary alicyclic amines) is 1. The van der Waals surface area contributed by atoms with Crippen molar-refractivity contribution < 1.29 is 14.3 Å². The molecular formula is C13H13FN2O2. The first kappa shape index (κ1) is 12.5. The van der Waals surface area contributed by atoms with Crippen molar-refractivity contribution in [1.29, 1.82) is 5.26 Å². The molecule has 1 aliphatic heterocycles. The van der Waals surface area contributed by atoms with Crippen molar-refractivity contribution in [3.05, 3.63) is 35.1 Å². The third-order valence-electron chi connectivity index (χ3n) is 3.08. The fourth-order valence-corrected chi connectivity index (χ4v) is 2.23. The molecule has 1 aromatic rings. The molecule has 0 aliphatic carbocycles. The number of benzene rings is 1. The van der Waals surface area contributed by atoms with E-state index in [1.807, 2.05) is 11.0 Å². The van der Waals surface area contributed by atoms with Crippen molar-refractivity contribution in [3.63, 3.8) is 0 Å². The van der Waals surface area contributed by atoms with Gasteiger partial charge in [0, 0.05) is 19.6 Å². The molecule has 18 heavy (non-hydrogen) atoms. The first-order chi connectivity index (χ1) is 8.58. The van der Waals surface area contributed by atoms with Crippen LogP contribution in [-0.4, -0.2) is 29.1 Å². The van der Waals surface area contributed by atoms with E-state index in [1.54, 1.807) is 0 Å². The van der Waals surface area contributed by atoms with Gasteiger partial charge in [0.1, 0.15) is 5.82 Å². The first-order valence-electron chi connectivity index (χ1n) is 5.71. The smallest absolute Gasteiger partial charge is 0.303 e. The van der Waals surface area contributed by atoms with Crippen LogP contribution in [0.2, 0.25) is 0 Å². The summed E-state index contributed by atoms with van der Waals surface area (Å²) in [6.07, 6.45) is 0.171. The second kappa shape index (κ2) is 5.15. The van der Waals surface area contributed by atoms with Gasteiger partial charge in [-0.05, 0) is 29.7 Å². The molecule has 0 radical (unpaired) electrons. The van der Waals surface area contributed by atoms with Crippen LogP contribution < -0.4 is 0 Å². The monoisotopic (exact) mass is 248 g/mol. The molecule has 0 bridgehead atoms. The van der Waals surface area contributed by atoms with Crippen LogP contribution in [-0.2, 0) is 11.3 Å². The van der Waals surface area contributed by atoms with E-state index in [4.69, 9.17) is 10.4 Å². The molecule has 1 N–H and O–H groups in total. The van der Waals surface area contributed by atoms with E-state index in [-0.39, 0.29) is 18.2 Å². The maximum atomic E-state index is 13.1. The number of nitrogens with zero attached hydrogens (tertiary/aromatic N) is 2. The fourth-order valence-electron chi connectivity index (χ4n) is 2.23. The summed E-state index contributed by atoms with van der Waals surface area (Å²) in [7, 11) is 0. The SMILES string of the molecule is N#Cc1ccc(F)cc1CN1CC(CC(=O)O)C1. The lowest BCUT2D eigenvalue weighted by molar-refractivity contribution is -0.139. The van der Waals surface area contributed by atoms with Crippen LogP contribution in [0.1, 0.15) is 17.5 Å². The highest BCUT2D eigenvalue weighted by Gasteiger charge is 2.28. The molecule has 0 atom stereocenters. The van der Waals surface area contributed by atoms with Gasteiger partial charge in [0.15, 0.2) is 0 Å². The van der Waals surface area contributed by atoms with Gasteiger partial charge in [0.05, 0.1) is 18.1 Å². The maximum Gasteiger partial charge on any atom is 0.303 e. The van der Waals surface area contributed by atoms with Crippen LogP contribution in [0.5, 0.6) is 0 Å². The minimum atomic E-state index is -0.789. The highest BCUT2D eigenvalue weighted by Crippen LogP contribution is 2.23. The van der Waals surface area contributed by atoms with E-state index in [0.717, 1.165) is 0 Å². The lowest BCUT2D eigenvalue weighted by Gasteiger charge is -2.38. The van der Waals surface area contributed by atoms with Gasteiger partial charge in [0.2, 0.25) is 0 Å². The van der Waals surface area contributed by atoms with E-state index in [0.29, 0.717) is 30.8 Å². The van der Waals surface area contributed by atoms with Crippen LogP contribution in [0.25, 0.3) is 0 Å². The molecule has 0 amide bonds. The average Bonchev–Trinajstić information content (AvgIpc) is 2.26. The van der Waals surface area contributed by atoms with E-state index in [9.17, 15) is 9.18 Å². The Kier molecular flexibility index (Phi) is 3.58. The Labute approximate surface area is 104 Å². The van der Waals surface area contributed by atoms with E-state index in [2.05, 4.69) is 0 Å². The zero-order valence-electron chi connectivity index (χ0n) is 9.77. The average molecular weight is 248 g/mol. The molecule has 1 aliphatic rings. The molecular weight excluding hydrogens is 235 g/mol. The fraction of sp³-hybridized carbons (Fsp3) is 0.385. The molecule has 0 unspecified atom stereocenters. The van der Waals surface area contributed by atoms with Gasteiger partial charge < -0.3 is 5.11 Å². The summed E-state index contributed by atoms with van der Waals surface area (Å²) in [5, 5.41) is 17.5. The quantitative estimate of drug-likeness (QED) is 0.879. The number of hydrogen-bond acceptors (Lipinski definition) is 3. The van der Waals surface area contributed by atoms with E-state index >= 15 is 0 Å². The third kappa shape index (κ3) is 2.84. The molecule has 1 saturated heterocycles. The van der Waals surface area contributed by atoms with Crippen molar-refractivity contribution in [2.24, 2.45) is 5.92 Å². The molecule has 0 saturated carbocycles. The van der Waals surface area contributed by atoms with Crippen molar-refractivity contribution in [2.75, 3.05) is 13.1 Å². The van der Waals surface area contributed by atoms with Crippen LogP contribution in [0.3, 0.4) is 0 Å². The Balaban J connectivity index is 1.94. The Morgan fingerprint density at radius 3 is 2.89 bits per heavy atom. The van der Waals surface area contributed by atoms with Gasteiger partial charge in [0.25, 0.3) is 0 Å². The lowest BCUT2D eigenvalue weighted by Crippen LogP contribution is -2.46. The molecule has 1 fully saturated rings. The Morgan fingerprint density at radius 1 is 1.56 bits per heavy atom. The van der Waals surface area contributed by atoms with Crippen molar-refractivity contribution >= 4 is 5.97 Å². The number of aliphatic carboxylic acids is 1. The van der Waals surface area contributed by atoms with Crippen molar-refractivity contribution in [1.82, 2.24) is 4.90 Å². The van der Waals surface area contributed by atoms with Crippen molar-refractivity contribution in [3.8, 4) is 6.07 Å². The summed E-state index contributed by atoms with van der Waals surface area (Å²) >= 11 is 0. The second-order valence-electron chi connectivity index (χ2n) is 4.57. The molecule has 5 heteroatoms. The van der Waals surface area contributed by atoms with Gasteiger partial charge in [-0.15, -0.1) is 0 Å². The highest BCUT2D eigenvalue weighted by atomic mass is 19.1. The van der Waals surface area contributed by atoms with E-state index < -0.39 is 5.97 Å². The van der Waals surface area contributed by atoms with Gasteiger partial charge >= 0.3 is 5.97 Å². The number of carbonyl (C=O) groups is 1. The van der Waals surface area contributed by atoms with Crippen LogP contribution in [0.4, 0.5) is 4.39 Å². The van der Waals surface area contributed by atoms with Crippen molar-refractivity contribution in [2.45, 2.75) is 13.0 Å². The van der Waals surface area contributed by atoms with Gasteiger partial charge in [-0.1, -0.05) is 0 Å². The van der Waals surface area contributed by atoms with E-state index in [1.165, 1.54) is 18.2 Å². The van der Waals surface area contributed by atoms with Gasteiger partial charge in [-0.25, -0.2) is 4.39 Å². The zero-order chi connectivity index (χ0) is 13.1. The lowest BCUT2D eigenvalue weighted by atomic mass is 9.95. The standard InChI is InChI=1S/C13H13FN2O2/c14-12-2-1-10(5-15)11(4-12)8-16-6-9(7-16)3-13(17)18/h1-2,4,9H,3,6-8H2,(H,17,18). The molecule has 94 valence electrons. The molecule has 0 aromatic heterocycles. The molecule has 1 aromatic carbocycles. The first-order valence-corrected chi connectivity index (χ1v) is 5.71. The normalized spacial score (nSPS) is 16.0. The Morgan fingerprint density at radius 2 is 2.28 bits per heavy atom. The number of carboxylic acid groups (broad SMARTS) is 1. The Bertz CT molecular complexity index is 504. The molecule has 2 rings (SSSR count). The largest absolute Gasteiger partial charge is 0.481 e. The summed E-state index contributed by atoms with van der Waals surface area (Å²) in [5.74, 6) is -0.976.